The first kappa shape index (κ1) is 21.6. The zero-order valence-corrected chi connectivity index (χ0v) is 18.0. The molecule has 3 aromatic rings. The predicted molar refractivity (Wildman–Crippen MR) is 120 cm³/mol. The molecule has 0 aromatic heterocycles. The Hall–Kier alpha value is -3.12. The van der Waals surface area contributed by atoms with E-state index in [9.17, 15) is 13.2 Å². The van der Waals surface area contributed by atoms with Gasteiger partial charge in [0.1, 0.15) is 6.54 Å². The van der Waals surface area contributed by atoms with E-state index in [-0.39, 0.29) is 17.3 Å². The molecule has 30 heavy (non-hydrogen) atoms. The van der Waals surface area contributed by atoms with Gasteiger partial charge in [0.15, 0.2) is 0 Å². The number of para-hydroxylation sites is 1. The molecular formula is C24H26N2O3S. The Bertz CT molecular complexity index is 1070. The molecule has 5 nitrogen and oxygen atoms in total. The van der Waals surface area contributed by atoms with Crippen molar-refractivity contribution in [2.75, 3.05) is 10.8 Å². The zero-order chi connectivity index (χ0) is 21.6. The van der Waals surface area contributed by atoms with Crippen molar-refractivity contribution in [3.8, 4) is 0 Å². The van der Waals surface area contributed by atoms with E-state index < -0.39 is 15.6 Å². The molecule has 0 aliphatic carbocycles. The molecule has 3 aromatic carbocycles. The Balaban J connectivity index is 1.82. The highest BCUT2D eigenvalue weighted by Gasteiger charge is 2.29. The third-order valence-electron chi connectivity index (χ3n) is 4.63. The first-order valence-corrected chi connectivity index (χ1v) is 11.2. The minimum absolute atomic E-state index is 0.144. The average Bonchev–Trinajstić information content (AvgIpc) is 2.73. The highest BCUT2D eigenvalue weighted by Crippen LogP contribution is 2.23. The van der Waals surface area contributed by atoms with E-state index in [1.165, 1.54) is 12.1 Å². The van der Waals surface area contributed by atoms with Crippen LogP contribution in [-0.4, -0.2) is 26.4 Å². The SMILES string of the molecule is CC(C)(Cc1ccccc1)NC(=O)CN(c1ccccc1)S(=O)(=O)c1ccccc1. The molecular weight excluding hydrogens is 396 g/mol. The van der Waals surface area contributed by atoms with Gasteiger partial charge in [0.2, 0.25) is 5.91 Å². The molecule has 0 aliphatic heterocycles. The number of anilines is 1. The van der Waals surface area contributed by atoms with Crippen molar-refractivity contribution in [1.82, 2.24) is 5.32 Å². The number of amides is 1. The van der Waals surface area contributed by atoms with E-state index in [1.807, 2.05) is 44.2 Å². The molecule has 0 heterocycles. The lowest BCUT2D eigenvalue weighted by atomic mass is 9.95. The second-order valence-electron chi connectivity index (χ2n) is 7.75. The molecule has 0 bridgehead atoms. The van der Waals surface area contributed by atoms with Crippen LogP contribution in [0.3, 0.4) is 0 Å². The maximum atomic E-state index is 13.3. The second-order valence-corrected chi connectivity index (χ2v) is 9.62. The van der Waals surface area contributed by atoms with E-state index in [0.717, 1.165) is 9.87 Å². The summed E-state index contributed by atoms with van der Waals surface area (Å²) in [5, 5.41) is 2.98. The van der Waals surface area contributed by atoms with Crippen LogP contribution in [0, 0.1) is 0 Å². The standard InChI is InChI=1S/C24H26N2O3S/c1-24(2,18-20-12-6-3-7-13-20)25-23(27)19-26(21-14-8-4-9-15-21)30(28,29)22-16-10-5-11-17-22/h3-17H,18-19H2,1-2H3,(H,25,27). The van der Waals surface area contributed by atoms with Crippen LogP contribution in [0.2, 0.25) is 0 Å². The average molecular weight is 423 g/mol. The van der Waals surface area contributed by atoms with Crippen LogP contribution >= 0.6 is 0 Å². The van der Waals surface area contributed by atoms with Gasteiger partial charge in [-0.05, 0) is 50.1 Å². The molecule has 0 atom stereocenters. The predicted octanol–water partition coefficient (Wildman–Crippen LogP) is 4.02. The normalized spacial score (nSPS) is 11.7. The Labute approximate surface area is 178 Å². The van der Waals surface area contributed by atoms with Crippen molar-refractivity contribution in [2.45, 2.75) is 30.7 Å². The summed E-state index contributed by atoms with van der Waals surface area (Å²) in [5.41, 5.74) is 1.01. The highest BCUT2D eigenvalue weighted by atomic mass is 32.2. The molecule has 3 rings (SSSR count). The number of rotatable bonds is 8. The third kappa shape index (κ3) is 5.48. The molecule has 0 spiro atoms. The number of hydrogen-bond acceptors (Lipinski definition) is 3. The summed E-state index contributed by atoms with van der Waals surface area (Å²) < 4.78 is 27.7. The van der Waals surface area contributed by atoms with Gasteiger partial charge in [-0.1, -0.05) is 66.7 Å². The van der Waals surface area contributed by atoms with Gasteiger partial charge in [0.25, 0.3) is 10.0 Å². The maximum Gasteiger partial charge on any atom is 0.264 e. The number of hydrogen-bond donors (Lipinski definition) is 1. The van der Waals surface area contributed by atoms with Gasteiger partial charge in [-0.25, -0.2) is 8.42 Å². The number of sulfonamides is 1. The number of nitrogens with zero attached hydrogens (tertiary/aromatic N) is 1. The lowest BCUT2D eigenvalue weighted by molar-refractivity contribution is -0.121. The Morgan fingerprint density at radius 2 is 1.33 bits per heavy atom. The molecule has 0 saturated carbocycles. The van der Waals surface area contributed by atoms with Gasteiger partial charge in [-0.3, -0.25) is 9.10 Å². The largest absolute Gasteiger partial charge is 0.349 e. The quantitative estimate of drug-likeness (QED) is 0.596. The van der Waals surface area contributed by atoms with Crippen molar-refractivity contribution >= 4 is 21.6 Å². The first-order valence-electron chi connectivity index (χ1n) is 9.76. The first-order chi connectivity index (χ1) is 14.3. The van der Waals surface area contributed by atoms with Crippen molar-refractivity contribution in [3.63, 3.8) is 0 Å². The van der Waals surface area contributed by atoms with Gasteiger partial charge in [0.05, 0.1) is 10.6 Å². The molecule has 156 valence electrons. The van der Waals surface area contributed by atoms with Crippen molar-refractivity contribution in [2.24, 2.45) is 0 Å². The minimum Gasteiger partial charge on any atom is -0.349 e. The van der Waals surface area contributed by atoms with Gasteiger partial charge in [-0.2, -0.15) is 0 Å². The minimum atomic E-state index is -3.89. The van der Waals surface area contributed by atoms with Crippen LogP contribution in [0.25, 0.3) is 0 Å². The van der Waals surface area contributed by atoms with Crippen LogP contribution in [0.1, 0.15) is 19.4 Å². The summed E-state index contributed by atoms with van der Waals surface area (Å²) in [7, 11) is -3.89. The number of carbonyl (C=O) groups is 1. The molecule has 0 radical (unpaired) electrons. The fraction of sp³-hybridized carbons (Fsp3) is 0.208. The maximum absolute atomic E-state index is 13.3. The van der Waals surface area contributed by atoms with Crippen molar-refractivity contribution in [3.05, 3.63) is 96.6 Å². The number of nitrogens with one attached hydrogen (secondary N) is 1. The van der Waals surface area contributed by atoms with E-state index in [1.54, 1.807) is 48.5 Å². The van der Waals surface area contributed by atoms with Crippen LogP contribution in [0.15, 0.2) is 95.9 Å². The number of carbonyl (C=O) groups excluding carboxylic acids is 1. The summed E-state index contributed by atoms with van der Waals surface area (Å²) in [4.78, 5) is 13.0. The number of benzene rings is 3. The Morgan fingerprint density at radius 1 is 0.833 bits per heavy atom. The topological polar surface area (TPSA) is 66.5 Å². The monoisotopic (exact) mass is 422 g/mol. The summed E-state index contributed by atoms with van der Waals surface area (Å²) >= 11 is 0. The smallest absolute Gasteiger partial charge is 0.264 e. The highest BCUT2D eigenvalue weighted by molar-refractivity contribution is 7.92. The lowest BCUT2D eigenvalue weighted by Gasteiger charge is -2.29. The Morgan fingerprint density at radius 3 is 1.90 bits per heavy atom. The third-order valence-corrected chi connectivity index (χ3v) is 6.42. The van der Waals surface area contributed by atoms with Crippen LogP contribution in [0.4, 0.5) is 5.69 Å². The summed E-state index contributed by atoms with van der Waals surface area (Å²) in [5.74, 6) is -0.362. The van der Waals surface area contributed by atoms with Crippen LogP contribution < -0.4 is 9.62 Å². The summed E-state index contributed by atoms with van der Waals surface area (Å²) in [6.45, 7) is 3.55. The fourth-order valence-corrected chi connectivity index (χ4v) is 4.77. The molecule has 0 aliphatic rings. The zero-order valence-electron chi connectivity index (χ0n) is 17.2. The lowest BCUT2D eigenvalue weighted by Crippen LogP contribution is -2.50. The van der Waals surface area contributed by atoms with E-state index >= 15 is 0 Å². The van der Waals surface area contributed by atoms with Crippen molar-refractivity contribution in [1.29, 1.82) is 0 Å². The summed E-state index contributed by atoms with van der Waals surface area (Å²) in [6.07, 6.45) is 0.635. The van der Waals surface area contributed by atoms with Crippen LogP contribution in [0.5, 0.6) is 0 Å². The molecule has 0 fully saturated rings. The summed E-state index contributed by atoms with van der Waals surface area (Å²) in [6, 6.07) is 26.7. The molecule has 1 N–H and O–H groups in total. The van der Waals surface area contributed by atoms with Gasteiger partial charge < -0.3 is 5.32 Å². The van der Waals surface area contributed by atoms with Gasteiger partial charge >= 0.3 is 0 Å². The van der Waals surface area contributed by atoms with Crippen molar-refractivity contribution < 1.29 is 13.2 Å². The molecule has 0 saturated heterocycles. The van der Waals surface area contributed by atoms with Gasteiger partial charge in [0, 0.05) is 5.54 Å². The van der Waals surface area contributed by atoms with Gasteiger partial charge in [-0.15, -0.1) is 0 Å². The van der Waals surface area contributed by atoms with Crippen LogP contribution in [-0.2, 0) is 21.2 Å². The Kier molecular flexibility index (Phi) is 6.57. The molecule has 6 heteroatoms. The van der Waals surface area contributed by atoms with E-state index in [0.29, 0.717) is 12.1 Å². The fourth-order valence-electron chi connectivity index (χ4n) is 3.33. The molecule has 0 unspecified atom stereocenters. The molecule has 1 amide bonds. The van der Waals surface area contributed by atoms with E-state index in [4.69, 9.17) is 0 Å². The second kappa shape index (κ2) is 9.13. The van der Waals surface area contributed by atoms with E-state index in [2.05, 4.69) is 5.32 Å².